The summed E-state index contributed by atoms with van der Waals surface area (Å²) in [6.07, 6.45) is -2.80. The molecular weight excluding hydrogens is 494 g/mol. The summed E-state index contributed by atoms with van der Waals surface area (Å²) in [5, 5.41) is 8.61. The van der Waals surface area contributed by atoms with Crippen LogP contribution in [0.4, 0.5) is 34.9 Å². The van der Waals surface area contributed by atoms with Crippen molar-refractivity contribution in [3.8, 4) is 11.3 Å². The first-order chi connectivity index (χ1) is 17.5. The molecule has 4 N–H and O–H groups in total. The molecule has 1 amide bonds. The number of nitrogens with zero attached hydrogens (tertiary/aromatic N) is 3. The third kappa shape index (κ3) is 5.71. The average molecular weight is 520 g/mol. The van der Waals surface area contributed by atoms with Crippen LogP contribution in [-0.4, -0.2) is 53.1 Å². The molecule has 1 aliphatic heterocycles. The van der Waals surface area contributed by atoms with Crippen LogP contribution >= 0.6 is 0 Å². The maximum Gasteiger partial charge on any atom is 0.417 e. The van der Waals surface area contributed by atoms with Gasteiger partial charge in [-0.15, -0.1) is 0 Å². The van der Waals surface area contributed by atoms with Crippen molar-refractivity contribution in [1.82, 2.24) is 20.3 Å². The van der Waals surface area contributed by atoms with E-state index in [9.17, 15) is 22.8 Å². The van der Waals surface area contributed by atoms with E-state index in [1.54, 1.807) is 7.05 Å². The summed E-state index contributed by atoms with van der Waals surface area (Å²) in [7, 11) is 1.60. The van der Waals surface area contributed by atoms with Crippen LogP contribution in [0.2, 0.25) is 0 Å². The molecule has 1 saturated heterocycles. The second-order valence-electron chi connectivity index (χ2n) is 8.81. The van der Waals surface area contributed by atoms with Gasteiger partial charge in [-0.05, 0) is 32.0 Å². The Hall–Kier alpha value is -4.00. The number of aromatic nitrogens is 3. The molecule has 3 aromatic rings. The molecule has 9 nitrogen and oxygen atoms in total. The molecule has 1 aliphatic rings. The number of aromatic amines is 1. The van der Waals surface area contributed by atoms with E-state index in [0.29, 0.717) is 31.0 Å². The first-order valence-electron chi connectivity index (χ1n) is 11.4. The zero-order chi connectivity index (χ0) is 26.9. The van der Waals surface area contributed by atoms with Crippen LogP contribution in [-0.2, 0) is 6.18 Å². The van der Waals surface area contributed by atoms with Gasteiger partial charge in [-0.25, -0.2) is 14.4 Å². The Bertz CT molecular complexity index is 1370. The molecule has 0 saturated carbocycles. The van der Waals surface area contributed by atoms with Gasteiger partial charge in [0.2, 0.25) is 11.5 Å². The van der Waals surface area contributed by atoms with Crippen molar-refractivity contribution in [2.75, 3.05) is 35.7 Å². The van der Waals surface area contributed by atoms with Crippen LogP contribution in [0.3, 0.4) is 0 Å². The van der Waals surface area contributed by atoms with E-state index in [4.69, 9.17) is 0 Å². The molecule has 37 heavy (non-hydrogen) atoms. The lowest BCUT2D eigenvalue weighted by Gasteiger charge is -2.38. The minimum Gasteiger partial charge on any atom is -0.367 e. The molecule has 0 radical (unpaired) electrons. The van der Waals surface area contributed by atoms with E-state index in [0.717, 1.165) is 0 Å². The molecule has 2 aromatic heterocycles. The average Bonchev–Trinajstić information content (AvgIpc) is 2.83. The summed E-state index contributed by atoms with van der Waals surface area (Å²) < 4.78 is 56.1. The molecule has 196 valence electrons. The van der Waals surface area contributed by atoms with Crippen molar-refractivity contribution in [3.63, 3.8) is 0 Å². The monoisotopic (exact) mass is 519 g/mol. The number of rotatable bonds is 5. The van der Waals surface area contributed by atoms with Gasteiger partial charge >= 0.3 is 6.18 Å². The molecule has 0 spiro atoms. The van der Waals surface area contributed by atoms with Crippen molar-refractivity contribution in [1.29, 1.82) is 0 Å². The van der Waals surface area contributed by atoms with E-state index in [1.165, 1.54) is 24.4 Å². The van der Waals surface area contributed by atoms with Crippen LogP contribution in [0.1, 0.15) is 29.8 Å². The van der Waals surface area contributed by atoms with Crippen molar-refractivity contribution < 1.29 is 22.4 Å². The van der Waals surface area contributed by atoms with Gasteiger partial charge in [0.15, 0.2) is 0 Å². The predicted molar refractivity (Wildman–Crippen MR) is 131 cm³/mol. The van der Waals surface area contributed by atoms with Crippen LogP contribution < -0.4 is 26.4 Å². The smallest absolute Gasteiger partial charge is 0.367 e. The number of nitrogens with one attached hydrogen (secondary N) is 4. The summed E-state index contributed by atoms with van der Waals surface area (Å²) in [5.41, 5.74) is -2.53. The molecule has 0 aliphatic carbocycles. The Morgan fingerprint density at radius 2 is 1.86 bits per heavy atom. The molecular formula is C24H25F4N7O2. The number of amides is 1. The van der Waals surface area contributed by atoms with Gasteiger partial charge in [0.1, 0.15) is 5.82 Å². The lowest BCUT2D eigenvalue weighted by atomic mass is 10.0. The highest BCUT2D eigenvalue weighted by molar-refractivity contribution is 6.07. The number of alkyl halides is 3. The van der Waals surface area contributed by atoms with Gasteiger partial charge < -0.3 is 25.8 Å². The number of carbonyl (C=O) groups excluding carboxylic acids is 1. The summed E-state index contributed by atoms with van der Waals surface area (Å²) in [4.78, 5) is 36.8. The Balaban J connectivity index is 1.82. The fourth-order valence-corrected chi connectivity index (χ4v) is 4.36. The van der Waals surface area contributed by atoms with Crippen molar-refractivity contribution in [3.05, 3.63) is 64.0 Å². The Morgan fingerprint density at radius 3 is 2.51 bits per heavy atom. The van der Waals surface area contributed by atoms with Crippen molar-refractivity contribution in [2.45, 2.75) is 32.1 Å². The summed E-state index contributed by atoms with van der Waals surface area (Å²) >= 11 is 0. The normalized spacial score (nSPS) is 18.0. The topological polar surface area (TPSA) is 115 Å². The number of hydrogen-bond donors (Lipinski definition) is 4. The Morgan fingerprint density at radius 1 is 1.16 bits per heavy atom. The zero-order valence-corrected chi connectivity index (χ0v) is 20.2. The highest BCUT2D eigenvalue weighted by atomic mass is 19.4. The summed E-state index contributed by atoms with van der Waals surface area (Å²) in [5.74, 6) is -1.51. The third-order valence-electron chi connectivity index (χ3n) is 5.86. The number of carbonyl (C=O) groups is 1. The van der Waals surface area contributed by atoms with Crippen LogP contribution in [0.5, 0.6) is 0 Å². The highest BCUT2D eigenvalue weighted by Gasteiger charge is 2.36. The maximum atomic E-state index is 15.4. The number of pyridine rings is 1. The molecule has 0 unspecified atom stereocenters. The first kappa shape index (κ1) is 26.1. The van der Waals surface area contributed by atoms with Crippen molar-refractivity contribution in [2.24, 2.45) is 0 Å². The number of piperazine rings is 1. The van der Waals surface area contributed by atoms with Gasteiger partial charge in [-0.3, -0.25) is 9.59 Å². The lowest BCUT2D eigenvalue weighted by molar-refractivity contribution is -0.138. The lowest BCUT2D eigenvalue weighted by Crippen LogP contribution is -2.54. The van der Waals surface area contributed by atoms with E-state index >= 15 is 4.39 Å². The Kier molecular flexibility index (Phi) is 7.16. The van der Waals surface area contributed by atoms with Gasteiger partial charge in [0, 0.05) is 56.2 Å². The zero-order valence-electron chi connectivity index (χ0n) is 20.2. The molecule has 1 fully saturated rings. The molecule has 1 aromatic carbocycles. The van der Waals surface area contributed by atoms with Gasteiger partial charge in [-0.1, -0.05) is 0 Å². The predicted octanol–water partition coefficient (Wildman–Crippen LogP) is 3.47. The minimum atomic E-state index is -4.94. The fraction of sp³-hybridized carbons (Fsp3) is 0.333. The largest absolute Gasteiger partial charge is 0.417 e. The van der Waals surface area contributed by atoms with Gasteiger partial charge in [0.25, 0.3) is 5.91 Å². The third-order valence-corrected chi connectivity index (χ3v) is 5.86. The fourth-order valence-electron chi connectivity index (χ4n) is 4.36. The molecule has 13 heteroatoms. The Labute approximate surface area is 209 Å². The number of hydrogen-bond acceptors (Lipinski definition) is 7. The molecule has 0 bridgehead atoms. The number of benzene rings is 1. The minimum absolute atomic E-state index is 0.0201. The second kappa shape index (κ2) is 10.2. The highest BCUT2D eigenvalue weighted by Crippen LogP contribution is 2.36. The SMILES string of the molecule is CNc1nccc(-c2cc(NC(=O)c3c[nH]c(=O)cc3C(F)(F)F)c(N3C[C@@H](C)N[C@@H](C)C3)cc2F)n1. The molecule has 4 rings (SSSR count). The van der Waals surface area contributed by atoms with Crippen LogP contribution in [0.15, 0.2) is 41.5 Å². The van der Waals surface area contributed by atoms with Gasteiger partial charge in [-0.2, -0.15) is 13.2 Å². The molecule has 2 atom stereocenters. The first-order valence-corrected chi connectivity index (χ1v) is 11.4. The van der Waals surface area contributed by atoms with E-state index < -0.39 is 34.6 Å². The quantitative estimate of drug-likeness (QED) is 0.382. The maximum absolute atomic E-state index is 15.4. The second-order valence-corrected chi connectivity index (χ2v) is 8.81. The van der Waals surface area contributed by atoms with Crippen LogP contribution in [0, 0.1) is 5.82 Å². The standard InChI is InChI=1S/C24H25F4N7O2/c1-12-10-35(11-13(2)32-12)20-8-17(25)14(18-4-5-30-23(29-3)34-18)6-19(20)33-22(37)15-9-31-21(36)7-16(15)24(26,27)28/h4-9,12-13,32H,10-11H2,1-3H3,(H,31,36)(H,33,37)(H,29,30,34)/t12-,13+. The van der Waals surface area contributed by atoms with Crippen LogP contribution in [0.25, 0.3) is 11.3 Å². The van der Waals surface area contributed by atoms with E-state index in [-0.39, 0.29) is 35.0 Å². The van der Waals surface area contributed by atoms with E-state index in [2.05, 4.69) is 30.9 Å². The summed E-state index contributed by atoms with van der Waals surface area (Å²) in [6.45, 7) is 4.83. The number of anilines is 3. The number of halogens is 4. The van der Waals surface area contributed by atoms with Crippen molar-refractivity contribution >= 4 is 23.2 Å². The molecule has 3 heterocycles. The van der Waals surface area contributed by atoms with Gasteiger partial charge in [0.05, 0.1) is 28.2 Å². The summed E-state index contributed by atoms with van der Waals surface area (Å²) in [6, 6.07) is 4.43. The van der Waals surface area contributed by atoms with E-state index in [1.807, 2.05) is 18.7 Å². The number of H-pyrrole nitrogens is 1.